The van der Waals surface area contributed by atoms with Gasteiger partial charge in [-0.05, 0) is 42.7 Å². The summed E-state index contributed by atoms with van der Waals surface area (Å²) in [6.07, 6.45) is 2.50. The third-order valence-electron chi connectivity index (χ3n) is 4.94. The van der Waals surface area contributed by atoms with Gasteiger partial charge in [0, 0.05) is 18.2 Å². The van der Waals surface area contributed by atoms with Crippen LogP contribution < -0.4 is 4.74 Å². The summed E-state index contributed by atoms with van der Waals surface area (Å²) >= 11 is 0. The molecule has 1 heterocycles. The maximum Gasteiger partial charge on any atom is 0.241 e. The number of halogens is 1. The van der Waals surface area contributed by atoms with E-state index in [1.807, 2.05) is 0 Å². The van der Waals surface area contributed by atoms with Gasteiger partial charge in [-0.3, -0.25) is 9.89 Å². The number of aromatic nitrogens is 2. The normalized spacial score (nSPS) is 16.9. The highest BCUT2D eigenvalue weighted by molar-refractivity contribution is 7.90. The zero-order valence-corrected chi connectivity index (χ0v) is 16.5. The number of rotatable bonds is 5. The van der Waals surface area contributed by atoms with E-state index in [9.17, 15) is 17.6 Å². The Morgan fingerprint density at radius 3 is 2.31 bits per heavy atom. The third-order valence-corrected chi connectivity index (χ3v) is 6.07. The van der Waals surface area contributed by atoms with Crippen molar-refractivity contribution in [1.29, 1.82) is 0 Å². The number of benzene rings is 2. The molecule has 8 heteroatoms. The fourth-order valence-electron chi connectivity index (χ4n) is 3.42. The summed E-state index contributed by atoms with van der Waals surface area (Å²) in [5, 5.41) is 7.17. The first-order valence-electron chi connectivity index (χ1n) is 9.17. The Kier molecular flexibility index (Phi) is 4.96. The van der Waals surface area contributed by atoms with Gasteiger partial charge in [-0.25, -0.2) is 12.8 Å². The number of carbonyl (C=O) groups excluding carboxylic acids is 1. The highest BCUT2D eigenvalue weighted by Gasteiger charge is 2.29. The number of sulfone groups is 1. The number of ketones is 1. The molecule has 0 bridgehead atoms. The number of aromatic amines is 1. The maximum atomic E-state index is 13.4. The summed E-state index contributed by atoms with van der Waals surface area (Å²) in [5.74, 6) is -0.0686. The van der Waals surface area contributed by atoms with Crippen molar-refractivity contribution >= 4 is 15.6 Å². The van der Waals surface area contributed by atoms with Gasteiger partial charge in [0.05, 0.1) is 16.2 Å². The number of H-pyrrole nitrogens is 1. The van der Waals surface area contributed by atoms with Crippen LogP contribution >= 0.6 is 0 Å². The molecule has 1 atom stereocenters. The lowest BCUT2D eigenvalue weighted by atomic mass is 10.0. The van der Waals surface area contributed by atoms with E-state index >= 15 is 0 Å². The monoisotopic (exact) mass is 414 g/mol. The van der Waals surface area contributed by atoms with Crippen LogP contribution in [0.5, 0.6) is 5.88 Å². The molecule has 1 aromatic heterocycles. The number of hydrogen-bond acceptors (Lipinski definition) is 5. The minimum Gasteiger partial charge on any atom is -0.465 e. The maximum absolute atomic E-state index is 13.4. The van der Waals surface area contributed by atoms with Gasteiger partial charge in [-0.15, -0.1) is 5.10 Å². The number of ether oxygens (including phenoxy) is 1. The fourth-order valence-corrected chi connectivity index (χ4v) is 4.05. The highest BCUT2D eigenvalue weighted by atomic mass is 32.2. The van der Waals surface area contributed by atoms with Crippen molar-refractivity contribution < 1.29 is 22.3 Å². The number of carbonyl (C=O) groups is 1. The fraction of sp³-hybridized carbons (Fsp3) is 0.238. The summed E-state index contributed by atoms with van der Waals surface area (Å²) in [5.41, 5.74) is 2.55. The minimum absolute atomic E-state index is 0.0390. The van der Waals surface area contributed by atoms with Crippen LogP contribution in [0.3, 0.4) is 0 Å². The molecule has 0 aliphatic heterocycles. The van der Waals surface area contributed by atoms with E-state index in [1.165, 1.54) is 24.3 Å². The molecule has 4 rings (SSSR count). The molecule has 150 valence electrons. The molecule has 6 nitrogen and oxygen atoms in total. The van der Waals surface area contributed by atoms with Crippen LogP contribution in [0.1, 0.15) is 19.3 Å². The summed E-state index contributed by atoms with van der Waals surface area (Å²) in [6.45, 7) is 0. The second-order valence-electron chi connectivity index (χ2n) is 7.05. The Hall–Kier alpha value is -3.00. The van der Waals surface area contributed by atoms with Crippen molar-refractivity contribution in [3.05, 3.63) is 54.3 Å². The molecule has 0 spiro atoms. The molecule has 1 N–H and O–H groups in total. The first kappa shape index (κ1) is 19.3. The molecule has 1 fully saturated rings. The van der Waals surface area contributed by atoms with Crippen molar-refractivity contribution in [3.8, 4) is 28.3 Å². The van der Waals surface area contributed by atoms with Gasteiger partial charge in [-0.2, -0.15) is 0 Å². The van der Waals surface area contributed by atoms with E-state index in [4.69, 9.17) is 4.74 Å². The van der Waals surface area contributed by atoms with Gasteiger partial charge in [0.15, 0.2) is 21.7 Å². The Morgan fingerprint density at radius 1 is 1.07 bits per heavy atom. The zero-order valence-electron chi connectivity index (χ0n) is 15.7. The van der Waals surface area contributed by atoms with Crippen LogP contribution in [-0.4, -0.2) is 36.8 Å². The summed E-state index contributed by atoms with van der Waals surface area (Å²) in [4.78, 5) is 12.2. The van der Waals surface area contributed by atoms with E-state index in [2.05, 4.69) is 10.2 Å². The Labute approximate surface area is 167 Å². The van der Waals surface area contributed by atoms with Gasteiger partial charge in [0.2, 0.25) is 5.88 Å². The standard InChI is InChI=1S/C21H19FN2O4S/c1-29(26,27)16-11-7-14(8-12-16)20-19(13-5-9-15(22)10-6-13)21(24-23-20)28-18-4-2-3-17(18)25/h5-12,18H,2-4H2,1H3,(H,23,24). The Balaban J connectivity index is 1.79. The van der Waals surface area contributed by atoms with Crippen LogP contribution in [0, 0.1) is 5.82 Å². The van der Waals surface area contributed by atoms with Crippen LogP contribution in [-0.2, 0) is 14.6 Å². The topological polar surface area (TPSA) is 89.1 Å². The van der Waals surface area contributed by atoms with E-state index < -0.39 is 15.9 Å². The predicted molar refractivity (Wildman–Crippen MR) is 106 cm³/mol. The van der Waals surface area contributed by atoms with Crippen LogP contribution in [0.25, 0.3) is 22.4 Å². The van der Waals surface area contributed by atoms with Gasteiger partial charge in [0.1, 0.15) is 5.82 Å². The lowest BCUT2D eigenvalue weighted by molar-refractivity contribution is -0.123. The van der Waals surface area contributed by atoms with Crippen molar-refractivity contribution in [3.63, 3.8) is 0 Å². The van der Waals surface area contributed by atoms with Crippen LogP contribution in [0.15, 0.2) is 53.4 Å². The van der Waals surface area contributed by atoms with Crippen molar-refractivity contribution in [1.82, 2.24) is 10.2 Å². The summed E-state index contributed by atoms with van der Waals surface area (Å²) in [6, 6.07) is 12.3. The van der Waals surface area contributed by atoms with Crippen molar-refractivity contribution in [2.75, 3.05) is 6.26 Å². The molecule has 2 aromatic carbocycles. The molecule has 0 amide bonds. The molecule has 3 aromatic rings. The average Bonchev–Trinajstić information content (AvgIpc) is 3.29. The van der Waals surface area contributed by atoms with Gasteiger partial charge in [-0.1, -0.05) is 24.3 Å². The number of nitrogens with one attached hydrogen (secondary N) is 1. The smallest absolute Gasteiger partial charge is 0.241 e. The Morgan fingerprint density at radius 2 is 1.72 bits per heavy atom. The molecule has 29 heavy (non-hydrogen) atoms. The molecule has 1 aliphatic rings. The van der Waals surface area contributed by atoms with Crippen molar-refractivity contribution in [2.45, 2.75) is 30.3 Å². The quantitative estimate of drug-likeness (QED) is 0.686. The highest BCUT2D eigenvalue weighted by Crippen LogP contribution is 2.39. The number of nitrogens with zero attached hydrogens (tertiary/aromatic N) is 1. The van der Waals surface area contributed by atoms with Gasteiger partial charge in [0.25, 0.3) is 0 Å². The van der Waals surface area contributed by atoms with E-state index in [0.717, 1.165) is 12.7 Å². The average molecular weight is 414 g/mol. The third kappa shape index (κ3) is 3.93. The predicted octanol–water partition coefficient (Wildman–Crippen LogP) is 3.79. The van der Waals surface area contributed by atoms with E-state index in [0.29, 0.717) is 35.2 Å². The Bertz CT molecular complexity index is 1150. The second-order valence-corrected chi connectivity index (χ2v) is 9.06. The second kappa shape index (κ2) is 7.44. The molecule has 1 unspecified atom stereocenters. The van der Waals surface area contributed by atoms with Crippen LogP contribution in [0.4, 0.5) is 4.39 Å². The molecule has 0 saturated heterocycles. The molecule has 1 saturated carbocycles. The van der Waals surface area contributed by atoms with Gasteiger partial charge < -0.3 is 4.74 Å². The largest absolute Gasteiger partial charge is 0.465 e. The summed E-state index contributed by atoms with van der Waals surface area (Å²) < 4.78 is 42.8. The number of hydrogen-bond donors (Lipinski definition) is 1. The van der Waals surface area contributed by atoms with Crippen molar-refractivity contribution in [2.24, 2.45) is 0 Å². The van der Waals surface area contributed by atoms with E-state index in [-0.39, 0.29) is 22.4 Å². The molecular formula is C21H19FN2O4S. The van der Waals surface area contributed by atoms with Crippen LogP contribution in [0.2, 0.25) is 0 Å². The number of Topliss-reactive ketones (excluding diaryl/α,β-unsaturated/α-hetero) is 1. The lowest BCUT2D eigenvalue weighted by Gasteiger charge is -2.12. The minimum atomic E-state index is -3.32. The lowest BCUT2D eigenvalue weighted by Crippen LogP contribution is -2.21. The molecule has 1 aliphatic carbocycles. The van der Waals surface area contributed by atoms with E-state index in [1.54, 1.807) is 24.3 Å². The van der Waals surface area contributed by atoms with Gasteiger partial charge >= 0.3 is 0 Å². The SMILES string of the molecule is CS(=O)(=O)c1ccc(-c2[nH]nc(OC3CCCC3=O)c2-c2ccc(F)cc2)cc1. The first-order chi connectivity index (χ1) is 13.8. The first-order valence-corrected chi connectivity index (χ1v) is 11.1. The zero-order chi connectivity index (χ0) is 20.6. The molecule has 0 radical (unpaired) electrons. The molecular weight excluding hydrogens is 395 g/mol. The summed E-state index contributed by atoms with van der Waals surface area (Å²) in [7, 11) is -3.32.